The van der Waals surface area contributed by atoms with Gasteiger partial charge in [0.1, 0.15) is 0 Å². The summed E-state index contributed by atoms with van der Waals surface area (Å²) in [5, 5.41) is 0.948. The summed E-state index contributed by atoms with van der Waals surface area (Å²) >= 11 is 3.65. The molecule has 2 rings (SSSR count). The first kappa shape index (κ1) is 15.9. The molecule has 0 aromatic heterocycles. The molecule has 0 saturated carbocycles. The van der Waals surface area contributed by atoms with Crippen molar-refractivity contribution >= 4 is 21.6 Å². The second-order valence-corrected chi connectivity index (χ2v) is 7.81. The second-order valence-electron chi connectivity index (χ2n) is 7.25. The summed E-state index contributed by atoms with van der Waals surface area (Å²) in [7, 11) is 0. The summed E-state index contributed by atoms with van der Waals surface area (Å²) in [4.78, 5) is 2.60. The molecule has 1 aliphatic rings. The highest BCUT2D eigenvalue weighted by atomic mass is 79.9. The summed E-state index contributed by atoms with van der Waals surface area (Å²) in [6, 6.07) is 6.87. The van der Waals surface area contributed by atoms with Crippen LogP contribution in [0.15, 0.2) is 18.2 Å². The van der Waals surface area contributed by atoms with Crippen molar-refractivity contribution < 1.29 is 0 Å². The number of rotatable bonds is 2. The van der Waals surface area contributed by atoms with Crippen molar-refractivity contribution in [2.75, 3.05) is 18.0 Å². The van der Waals surface area contributed by atoms with Crippen LogP contribution in [-0.2, 0) is 5.33 Å². The highest BCUT2D eigenvalue weighted by molar-refractivity contribution is 9.08. The van der Waals surface area contributed by atoms with Crippen LogP contribution in [0.25, 0.3) is 0 Å². The fourth-order valence-corrected chi connectivity index (χ4v) is 3.78. The van der Waals surface area contributed by atoms with Gasteiger partial charge in [-0.1, -0.05) is 54.4 Å². The van der Waals surface area contributed by atoms with Gasteiger partial charge in [0.05, 0.1) is 0 Å². The average Bonchev–Trinajstić information content (AvgIpc) is 2.63. The van der Waals surface area contributed by atoms with Crippen LogP contribution in [0.2, 0.25) is 0 Å². The monoisotopic (exact) mass is 337 g/mol. The van der Waals surface area contributed by atoms with Crippen LogP contribution in [0.1, 0.15) is 51.2 Å². The number of hydrogen-bond acceptors (Lipinski definition) is 1. The number of nitrogens with zero attached hydrogens (tertiary/aromatic N) is 1. The zero-order chi connectivity index (χ0) is 14.8. The highest BCUT2D eigenvalue weighted by Crippen LogP contribution is 2.36. The first-order valence-corrected chi connectivity index (χ1v) is 8.94. The molecule has 0 spiro atoms. The number of anilines is 1. The lowest BCUT2D eigenvalue weighted by atomic mass is 9.77. The van der Waals surface area contributed by atoms with Gasteiger partial charge in [-0.25, -0.2) is 0 Å². The Hall–Kier alpha value is -0.500. The van der Waals surface area contributed by atoms with E-state index in [2.05, 4.69) is 66.7 Å². The molecular formula is C18H28BrN. The van der Waals surface area contributed by atoms with Crippen LogP contribution in [0.5, 0.6) is 0 Å². The number of alkyl halides is 1. The minimum atomic E-state index is 0.446. The Bertz CT molecular complexity index is 447. The summed E-state index contributed by atoms with van der Waals surface area (Å²) in [6.45, 7) is 11.8. The molecule has 0 radical (unpaired) electrons. The lowest BCUT2D eigenvalue weighted by Gasteiger charge is -2.30. The van der Waals surface area contributed by atoms with E-state index in [0.717, 1.165) is 11.2 Å². The van der Waals surface area contributed by atoms with Gasteiger partial charge in [-0.05, 0) is 49.1 Å². The second kappa shape index (κ2) is 6.51. The molecule has 1 nitrogen and oxygen atoms in total. The molecule has 0 aliphatic carbocycles. The summed E-state index contributed by atoms with van der Waals surface area (Å²) in [5.74, 6) is 0.852. The Balaban J connectivity index is 2.15. The molecule has 0 N–H and O–H groups in total. The molecule has 20 heavy (non-hydrogen) atoms. The molecule has 0 amide bonds. The van der Waals surface area contributed by atoms with Gasteiger partial charge in [0.25, 0.3) is 0 Å². The molecule has 112 valence electrons. The maximum Gasteiger partial charge on any atom is 0.0407 e. The molecule has 1 atom stereocenters. The van der Waals surface area contributed by atoms with Gasteiger partial charge in [0, 0.05) is 24.1 Å². The Labute approximate surface area is 132 Å². The van der Waals surface area contributed by atoms with Crippen molar-refractivity contribution in [3.8, 4) is 0 Å². The number of benzene rings is 1. The van der Waals surface area contributed by atoms with Gasteiger partial charge in [0.2, 0.25) is 0 Å². The molecule has 0 bridgehead atoms. The fraction of sp³-hybridized carbons (Fsp3) is 0.667. The lowest BCUT2D eigenvalue weighted by Crippen LogP contribution is -2.26. The van der Waals surface area contributed by atoms with Crippen molar-refractivity contribution in [2.45, 2.75) is 52.3 Å². The number of aryl methyl sites for hydroxylation is 1. The third-order valence-electron chi connectivity index (χ3n) is 4.67. The van der Waals surface area contributed by atoms with E-state index >= 15 is 0 Å². The van der Waals surface area contributed by atoms with Crippen molar-refractivity contribution in [2.24, 2.45) is 11.3 Å². The summed E-state index contributed by atoms with van der Waals surface area (Å²) in [5.41, 5.74) is 4.66. The molecule has 1 aromatic rings. The normalized spacial score (nSPS) is 20.9. The molecular weight excluding hydrogens is 310 g/mol. The van der Waals surface area contributed by atoms with E-state index in [-0.39, 0.29) is 0 Å². The smallest absolute Gasteiger partial charge is 0.0407 e. The Morgan fingerprint density at radius 3 is 2.60 bits per heavy atom. The maximum absolute atomic E-state index is 3.65. The topological polar surface area (TPSA) is 3.24 Å². The molecule has 2 heteroatoms. The van der Waals surface area contributed by atoms with E-state index < -0.39 is 0 Å². The van der Waals surface area contributed by atoms with E-state index in [1.807, 2.05) is 0 Å². The SMILES string of the molecule is Cc1ccc(N2CCCC(C(C)(C)C)CC2)c(CBr)c1. The summed E-state index contributed by atoms with van der Waals surface area (Å²) < 4.78 is 0. The van der Waals surface area contributed by atoms with Crippen LogP contribution >= 0.6 is 15.9 Å². The van der Waals surface area contributed by atoms with Gasteiger partial charge in [0.15, 0.2) is 0 Å². The van der Waals surface area contributed by atoms with Crippen molar-refractivity contribution in [1.82, 2.24) is 0 Å². The van der Waals surface area contributed by atoms with Crippen LogP contribution in [-0.4, -0.2) is 13.1 Å². The third kappa shape index (κ3) is 3.78. The standard InChI is InChI=1S/C18H28BrN/c1-14-7-8-17(15(12-14)13-19)20-10-5-6-16(9-11-20)18(2,3)4/h7-8,12,16H,5-6,9-11,13H2,1-4H3. The van der Waals surface area contributed by atoms with Gasteiger partial charge in [-0.15, -0.1) is 0 Å². The predicted octanol–water partition coefficient (Wildman–Crippen LogP) is 5.54. The van der Waals surface area contributed by atoms with E-state index in [9.17, 15) is 0 Å². The predicted molar refractivity (Wildman–Crippen MR) is 92.8 cm³/mol. The summed E-state index contributed by atoms with van der Waals surface area (Å²) in [6.07, 6.45) is 4.01. The average molecular weight is 338 g/mol. The van der Waals surface area contributed by atoms with Crippen LogP contribution in [0.4, 0.5) is 5.69 Å². The Morgan fingerprint density at radius 1 is 1.20 bits per heavy atom. The third-order valence-corrected chi connectivity index (χ3v) is 5.28. The zero-order valence-electron chi connectivity index (χ0n) is 13.4. The first-order chi connectivity index (χ1) is 9.41. The Morgan fingerprint density at radius 2 is 1.95 bits per heavy atom. The van der Waals surface area contributed by atoms with E-state index in [1.165, 1.54) is 49.2 Å². The van der Waals surface area contributed by atoms with Crippen molar-refractivity contribution in [3.63, 3.8) is 0 Å². The molecule has 1 unspecified atom stereocenters. The maximum atomic E-state index is 3.65. The quantitative estimate of drug-likeness (QED) is 0.640. The lowest BCUT2D eigenvalue weighted by molar-refractivity contribution is 0.220. The van der Waals surface area contributed by atoms with Crippen molar-refractivity contribution in [1.29, 1.82) is 0 Å². The van der Waals surface area contributed by atoms with Crippen molar-refractivity contribution in [3.05, 3.63) is 29.3 Å². The van der Waals surface area contributed by atoms with E-state index in [0.29, 0.717) is 5.41 Å². The molecule has 1 aromatic carbocycles. The molecule has 1 fully saturated rings. The van der Waals surface area contributed by atoms with E-state index in [4.69, 9.17) is 0 Å². The van der Waals surface area contributed by atoms with Crippen LogP contribution in [0, 0.1) is 18.3 Å². The largest absolute Gasteiger partial charge is 0.371 e. The van der Waals surface area contributed by atoms with Gasteiger partial charge in [-0.2, -0.15) is 0 Å². The van der Waals surface area contributed by atoms with Crippen LogP contribution < -0.4 is 4.90 Å². The molecule has 1 saturated heterocycles. The highest BCUT2D eigenvalue weighted by Gasteiger charge is 2.27. The van der Waals surface area contributed by atoms with E-state index in [1.54, 1.807) is 0 Å². The number of hydrogen-bond donors (Lipinski definition) is 0. The zero-order valence-corrected chi connectivity index (χ0v) is 15.0. The molecule has 1 heterocycles. The Kier molecular flexibility index (Phi) is 5.17. The minimum Gasteiger partial charge on any atom is -0.371 e. The first-order valence-electron chi connectivity index (χ1n) is 7.82. The molecule has 1 aliphatic heterocycles. The van der Waals surface area contributed by atoms with Crippen LogP contribution in [0.3, 0.4) is 0 Å². The fourth-order valence-electron chi connectivity index (χ4n) is 3.33. The number of halogens is 1. The van der Waals surface area contributed by atoms with Gasteiger partial charge in [-0.3, -0.25) is 0 Å². The van der Waals surface area contributed by atoms with Gasteiger partial charge < -0.3 is 4.90 Å². The van der Waals surface area contributed by atoms with Gasteiger partial charge >= 0.3 is 0 Å². The minimum absolute atomic E-state index is 0.446.